The molecule has 1 aliphatic rings. The zero-order valence-electron chi connectivity index (χ0n) is 8.79. The van der Waals surface area contributed by atoms with Gasteiger partial charge >= 0.3 is 0 Å². The Kier molecular flexibility index (Phi) is 4.05. The first kappa shape index (κ1) is 11.2. The Morgan fingerprint density at radius 2 is 2.00 bits per heavy atom. The van der Waals surface area contributed by atoms with Gasteiger partial charge < -0.3 is 0 Å². The lowest BCUT2D eigenvalue weighted by atomic mass is 9.77. The lowest BCUT2D eigenvalue weighted by Gasteiger charge is -2.24. The molecule has 0 aromatic heterocycles. The Hall–Kier alpha value is -0.920. The largest absolute Gasteiger partial charge is 0.299 e. The van der Waals surface area contributed by atoms with Gasteiger partial charge in [0, 0.05) is 12.8 Å². The number of hydrogen-bond acceptors (Lipinski definition) is 2. The normalized spacial score (nSPS) is 20.9. The van der Waals surface area contributed by atoms with E-state index in [9.17, 15) is 9.59 Å². The highest BCUT2D eigenvalue weighted by molar-refractivity contribution is 6.04. The van der Waals surface area contributed by atoms with Crippen molar-refractivity contribution in [2.24, 2.45) is 11.8 Å². The minimum absolute atomic E-state index is 0.151. The van der Waals surface area contributed by atoms with Crippen LogP contribution >= 0.6 is 0 Å². The number of Topliss-reactive ketones (excluding diaryl/α,β-unsaturated/α-hetero) is 2. The fourth-order valence-corrected chi connectivity index (χ4v) is 2.11. The number of allylic oxidation sites excluding steroid dienone is 1. The summed E-state index contributed by atoms with van der Waals surface area (Å²) in [6.07, 6.45) is 5.56. The molecule has 0 saturated heterocycles. The molecular weight excluding hydrogens is 176 g/mol. The van der Waals surface area contributed by atoms with Gasteiger partial charge in [0.2, 0.25) is 0 Å². The summed E-state index contributed by atoms with van der Waals surface area (Å²) in [5.74, 6) is 0.174. The summed E-state index contributed by atoms with van der Waals surface area (Å²) in [6.45, 7) is 5.64. The highest BCUT2D eigenvalue weighted by atomic mass is 16.2. The Morgan fingerprint density at radius 3 is 2.50 bits per heavy atom. The standard InChI is InChI=1S/C12H18O2/c1-3-4-6-9(2)12-10(13)7-5-8-11(12)14/h3,9,12H,1,4-8H2,2H3. The van der Waals surface area contributed by atoms with E-state index in [0.29, 0.717) is 12.8 Å². The number of hydrogen-bond donors (Lipinski definition) is 0. The average molecular weight is 194 g/mol. The zero-order valence-corrected chi connectivity index (χ0v) is 8.79. The molecule has 0 heterocycles. The number of ketones is 2. The van der Waals surface area contributed by atoms with Gasteiger partial charge in [0.1, 0.15) is 11.6 Å². The SMILES string of the molecule is C=CCCC(C)C1C(=O)CCCC1=O. The molecule has 0 radical (unpaired) electrons. The van der Waals surface area contributed by atoms with Crippen molar-refractivity contribution in [1.29, 1.82) is 0 Å². The van der Waals surface area contributed by atoms with Gasteiger partial charge in [-0.3, -0.25) is 9.59 Å². The van der Waals surface area contributed by atoms with E-state index >= 15 is 0 Å². The molecule has 1 saturated carbocycles. The second kappa shape index (κ2) is 5.08. The molecule has 1 aliphatic carbocycles. The first-order valence-corrected chi connectivity index (χ1v) is 5.33. The smallest absolute Gasteiger partial charge is 0.143 e. The van der Waals surface area contributed by atoms with Crippen molar-refractivity contribution < 1.29 is 9.59 Å². The van der Waals surface area contributed by atoms with E-state index < -0.39 is 0 Å². The molecule has 0 aliphatic heterocycles. The van der Waals surface area contributed by atoms with E-state index in [2.05, 4.69) is 6.58 Å². The molecule has 0 N–H and O–H groups in total. The minimum Gasteiger partial charge on any atom is -0.299 e. The molecule has 78 valence electrons. The fourth-order valence-electron chi connectivity index (χ4n) is 2.11. The highest BCUT2D eigenvalue weighted by Crippen LogP contribution is 2.27. The Bertz CT molecular complexity index is 227. The van der Waals surface area contributed by atoms with Gasteiger partial charge in [-0.1, -0.05) is 13.0 Å². The van der Waals surface area contributed by atoms with Crippen LogP contribution in [0.5, 0.6) is 0 Å². The minimum atomic E-state index is -0.316. The number of rotatable bonds is 4. The van der Waals surface area contributed by atoms with Crippen molar-refractivity contribution in [3.8, 4) is 0 Å². The predicted molar refractivity (Wildman–Crippen MR) is 56.0 cm³/mol. The Labute approximate surface area is 85.4 Å². The first-order valence-electron chi connectivity index (χ1n) is 5.33. The maximum Gasteiger partial charge on any atom is 0.143 e. The number of carbonyl (C=O) groups excluding carboxylic acids is 2. The third-order valence-electron chi connectivity index (χ3n) is 2.94. The molecule has 1 atom stereocenters. The van der Waals surface area contributed by atoms with Crippen LogP contribution in [0.2, 0.25) is 0 Å². The van der Waals surface area contributed by atoms with Gasteiger partial charge in [-0.05, 0) is 25.2 Å². The molecule has 0 aromatic rings. The van der Waals surface area contributed by atoms with Crippen LogP contribution in [-0.4, -0.2) is 11.6 Å². The first-order chi connectivity index (χ1) is 6.66. The fraction of sp³-hybridized carbons (Fsp3) is 0.667. The third kappa shape index (κ3) is 2.53. The molecule has 0 amide bonds. The lowest BCUT2D eigenvalue weighted by molar-refractivity contribution is -0.137. The van der Waals surface area contributed by atoms with E-state index in [0.717, 1.165) is 19.3 Å². The van der Waals surface area contributed by atoms with Crippen LogP contribution in [0.25, 0.3) is 0 Å². The predicted octanol–water partition coefficient (Wildman–Crippen LogP) is 2.53. The van der Waals surface area contributed by atoms with Crippen LogP contribution in [0, 0.1) is 11.8 Å². The molecule has 2 nitrogen and oxygen atoms in total. The van der Waals surface area contributed by atoms with Gasteiger partial charge in [0.05, 0.1) is 5.92 Å². The van der Waals surface area contributed by atoms with E-state index in [1.807, 2.05) is 13.0 Å². The summed E-state index contributed by atoms with van der Waals surface area (Å²) >= 11 is 0. The summed E-state index contributed by atoms with van der Waals surface area (Å²) in [4.78, 5) is 23.1. The van der Waals surface area contributed by atoms with E-state index in [4.69, 9.17) is 0 Å². The summed E-state index contributed by atoms with van der Waals surface area (Å²) in [5, 5.41) is 0. The van der Waals surface area contributed by atoms with E-state index in [-0.39, 0.29) is 23.4 Å². The molecule has 1 rings (SSSR count). The van der Waals surface area contributed by atoms with E-state index in [1.165, 1.54) is 0 Å². The van der Waals surface area contributed by atoms with Crippen molar-refractivity contribution in [2.45, 2.75) is 39.0 Å². The van der Waals surface area contributed by atoms with Crippen molar-refractivity contribution in [2.75, 3.05) is 0 Å². The van der Waals surface area contributed by atoms with Crippen LogP contribution in [0.15, 0.2) is 12.7 Å². The van der Waals surface area contributed by atoms with Crippen LogP contribution in [0.4, 0.5) is 0 Å². The highest BCUT2D eigenvalue weighted by Gasteiger charge is 2.33. The van der Waals surface area contributed by atoms with E-state index in [1.54, 1.807) is 0 Å². The van der Waals surface area contributed by atoms with Gasteiger partial charge in [0.25, 0.3) is 0 Å². The van der Waals surface area contributed by atoms with Gasteiger partial charge in [-0.25, -0.2) is 0 Å². The molecule has 1 fully saturated rings. The summed E-state index contributed by atoms with van der Waals surface area (Å²) in [5.41, 5.74) is 0. The average Bonchev–Trinajstić information content (AvgIpc) is 2.14. The van der Waals surface area contributed by atoms with Crippen molar-refractivity contribution in [1.82, 2.24) is 0 Å². The molecule has 0 spiro atoms. The molecule has 0 bridgehead atoms. The summed E-state index contributed by atoms with van der Waals surface area (Å²) in [7, 11) is 0. The molecule has 0 aromatic carbocycles. The molecule has 2 heteroatoms. The monoisotopic (exact) mass is 194 g/mol. The second-order valence-corrected chi connectivity index (χ2v) is 4.11. The second-order valence-electron chi connectivity index (χ2n) is 4.11. The van der Waals surface area contributed by atoms with Crippen LogP contribution < -0.4 is 0 Å². The Balaban J connectivity index is 2.57. The van der Waals surface area contributed by atoms with Crippen molar-refractivity contribution in [3.05, 3.63) is 12.7 Å². The van der Waals surface area contributed by atoms with Gasteiger partial charge in [-0.2, -0.15) is 0 Å². The molecule has 1 unspecified atom stereocenters. The Morgan fingerprint density at radius 1 is 1.43 bits per heavy atom. The lowest BCUT2D eigenvalue weighted by Crippen LogP contribution is -2.33. The maximum absolute atomic E-state index is 11.6. The number of carbonyl (C=O) groups is 2. The van der Waals surface area contributed by atoms with Gasteiger partial charge in [0.15, 0.2) is 0 Å². The van der Waals surface area contributed by atoms with Crippen molar-refractivity contribution >= 4 is 11.6 Å². The molecular formula is C12H18O2. The topological polar surface area (TPSA) is 34.1 Å². The summed E-state index contributed by atoms with van der Waals surface area (Å²) in [6, 6.07) is 0. The summed E-state index contributed by atoms with van der Waals surface area (Å²) < 4.78 is 0. The quantitative estimate of drug-likeness (QED) is 0.509. The van der Waals surface area contributed by atoms with Crippen LogP contribution in [-0.2, 0) is 9.59 Å². The maximum atomic E-state index is 11.6. The molecule has 14 heavy (non-hydrogen) atoms. The third-order valence-corrected chi connectivity index (χ3v) is 2.94. The van der Waals surface area contributed by atoms with Crippen LogP contribution in [0.3, 0.4) is 0 Å². The zero-order chi connectivity index (χ0) is 10.6. The van der Waals surface area contributed by atoms with Crippen molar-refractivity contribution in [3.63, 3.8) is 0 Å². The van der Waals surface area contributed by atoms with Gasteiger partial charge in [-0.15, -0.1) is 6.58 Å². The van der Waals surface area contributed by atoms with Crippen LogP contribution in [0.1, 0.15) is 39.0 Å².